The van der Waals surface area contributed by atoms with Crippen LogP contribution in [0, 0.1) is 0 Å². The van der Waals surface area contributed by atoms with Gasteiger partial charge in [0.15, 0.2) is 5.82 Å². The maximum absolute atomic E-state index is 11.8. The Morgan fingerprint density at radius 3 is 2.76 bits per heavy atom. The van der Waals surface area contributed by atoms with Crippen molar-refractivity contribution in [2.24, 2.45) is 0 Å². The van der Waals surface area contributed by atoms with Crippen molar-refractivity contribution in [1.29, 1.82) is 0 Å². The van der Waals surface area contributed by atoms with Crippen LogP contribution in [-0.4, -0.2) is 28.3 Å². The summed E-state index contributed by atoms with van der Waals surface area (Å²) in [7, 11) is 1.33. The fourth-order valence-electron chi connectivity index (χ4n) is 2.13. The van der Waals surface area contributed by atoms with Crippen molar-refractivity contribution in [3.8, 4) is 0 Å². The minimum Gasteiger partial charge on any atom is -0.465 e. The van der Waals surface area contributed by atoms with Crippen LogP contribution in [0.25, 0.3) is 0 Å². The number of hydrogen-bond donors (Lipinski definition) is 2. The third-order valence-corrected chi connectivity index (χ3v) is 3.47. The summed E-state index contributed by atoms with van der Waals surface area (Å²) in [4.78, 5) is 16.1. The highest BCUT2D eigenvalue weighted by Gasteiger charge is 2.12. The van der Waals surface area contributed by atoms with Gasteiger partial charge < -0.3 is 15.4 Å². The molecule has 0 spiro atoms. The fraction of sp³-hybridized carbons (Fsp3) is 0.0588. The molecule has 0 aliphatic rings. The van der Waals surface area contributed by atoms with Crippen LogP contribution in [0.3, 0.4) is 0 Å². The molecule has 0 aliphatic carbocycles. The minimum atomic E-state index is -0.454. The Kier molecular flexibility index (Phi) is 5.06. The average Bonchev–Trinajstić information content (AvgIpc) is 2.62. The van der Waals surface area contributed by atoms with E-state index in [0.29, 0.717) is 22.1 Å². The van der Waals surface area contributed by atoms with Crippen molar-refractivity contribution >= 4 is 40.7 Å². The SMILES string of the molecule is COC(=O)c1ccccc1Nc1nncc(Nc2cccc(Cl)c2)n1. The van der Waals surface area contributed by atoms with Crippen LogP contribution in [0.2, 0.25) is 5.02 Å². The highest BCUT2D eigenvalue weighted by molar-refractivity contribution is 6.30. The fourth-order valence-corrected chi connectivity index (χ4v) is 2.32. The van der Waals surface area contributed by atoms with Crippen LogP contribution in [0.4, 0.5) is 23.1 Å². The van der Waals surface area contributed by atoms with Crippen molar-refractivity contribution < 1.29 is 9.53 Å². The van der Waals surface area contributed by atoms with Gasteiger partial charge in [0.05, 0.1) is 24.6 Å². The van der Waals surface area contributed by atoms with Gasteiger partial charge in [0.2, 0.25) is 5.95 Å². The number of para-hydroxylation sites is 1. The van der Waals surface area contributed by atoms with Crippen LogP contribution >= 0.6 is 11.6 Å². The van der Waals surface area contributed by atoms with E-state index in [1.807, 2.05) is 12.1 Å². The van der Waals surface area contributed by atoms with Gasteiger partial charge in [-0.25, -0.2) is 4.79 Å². The van der Waals surface area contributed by atoms with E-state index in [-0.39, 0.29) is 5.95 Å². The Morgan fingerprint density at radius 2 is 1.96 bits per heavy atom. The number of nitrogens with one attached hydrogen (secondary N) is 2. The van der Waals surface area contributed by atoms with E-state index in [9.17, 15) is 4.79 Å². The number of halogens is 1. The highest BCUT2D eigenvalue weighted by Crippen LogP contribution is 2.21. The van der Waals surface area contributed by atoms with E-state index in [1.54, 1.807) is 36.4 Å². The van der Waals surface area contributed by atoms with Crippen molar-refractivity contribution in [1.82, 2.24) is 15.2 Å². The van der Waals surface area contributed by atoms with Crippen LogP contribution in [0.15, 0.2) is 54.7 Å². The maximum Gasteiger partial charge on any atom is 0.339 e. The molecule has 0 amide bonds. The number of esters is 1. The molecule has 0 saturated carbocycles. The van der Waals surface area contributed by atoms with Gasteiger partial charge in [0.1, 0.15) is 0 Å². The van der Waals surface area contributed by atoms with Crippen LogP contribution in [-0.2, 0) is 4.74 Å². The summed E-state index contributed by atoms with van der Waals surface area (Å²) in [5.41, 5.74) is 1.67. The first-order chi connectivity index (χ1) is 12.2. The lowest BCUT2D eigenvalue weighted by Gasteiger charge is -2.10. The zero-order valence-corrected chi connectivity index (χ0v) is 14.0. The zero-order valence-electron chi connectivity index (χ0n) is 13.2. The van der Waals surface area contributed by atoms with Gasteiger partial charge in [-0.2, -0.15) is 10.1 Å². The van der Waals surface area contributed by atoms with E-state index >= 15 is 0 Å². The van der Waals surface area contributed by atoms with Gasteiger partial charge in [-0.3, -0.25) is 0 Å². The summed E-state index contributed by atoms with van der Waals surface area (Å²) in [5, 5.41) is 14.5. The second-order valence-corrected chi connectivity index (χ2v) is 5.40. The number of anilines is 4. The zero-order chi connectivity index (χ0) is 17.6. The van der Waals surface area contributed by atoms with Crippen molar-refractivity contribution in [3.63, 3.8) is 0 Å². The summed E-state index contributed by atoms with van der Waals surface area (Å²) in [6, 6.07) is 14.1. The molecule has 0 fully saturated rings. The van der Waals surface area contributed by atoms with Crippen molar-refractivity contribution in [3.05, 3.63) is 65.3 Å². The molecular weight excluding hydrogens is 342 g/mol. The third-order valence-electron chi connectivity index (χ3n) is 3.23. The predicted molar refractivity (Wildman–Crippen MR) is 95.6 cm³/mol. The van der Waals surface area contributed by atoms with Gasteiger partial charge in [-0.1, -0.05) is 29.8 Å². The Morgan fingerprint density at radius 1 is 1.12 bits per heavy atom. The van der Waals surface area contributed by atoms with Gasteiger partial charge in [0, 0.05) is 10.7 Å². The van der Waals surface area contributed by atoms with Crippen LogP contribution in [0.5, 0.6) is 0 Å². The maximum atomic E-state index is 11.8. The van der Waals surface area contributed by atoms with E-state index in [0.717, 1.165) is 5.69 Å². The molecule has 1 heterocycles. The Bertz CT molecular complexity index is 903. The second kappa shape index (κ2) is 7.59. The predicted octanol–water partition coefficient (Wildman–Crippen LogP) is 3.80. The number of benzene rings is 2. The molecule has 3 aromatic rings. The molecular formula is C17H14ClN5O2. The molecule has 2 N–H and O–H groups in total. The van der Waals surface area contributed by atoms with Crippen molar-refractivity contribution in [2.45, 2.75) is 0 Å². The molecule has 126 valence electrons. The highest BCUT2D eigenvalue weighted by atomic mass is 35.5. The van der Waals surface area contributed by atoms with Gasteiger partial charge in [-0.15, -0.1) is 5.10 Å². The number of nitrogens with zero attached hydrogens (tertiary/aromatic N) is 3. The number of ether oxygens (including phenoxy) is 1. The first kappa shape index (κ1) is 16.7. The summed E-state index contributed by atoms with van der Waals surface area (Å²) in [6.07, 6.45) is 1.48. The summed E-state index contributed by atoms with van der Waals surface area (Å²) in [6.45, 7) is 0. The van der Waals surface area contributed by atoms with Crippen molar-refractivity contribution in [2.75, 3.05) is 17.7 Å². The van der Waals surface area contributed by atoms with E-state index in [2.05, 4.69) is 25.8 Å². The van der Waals surface area contributed by atoms with Crippen LogP contribution in [0.1, 0.15) is 10.4 Å². The monoisotopic (exact) mass is 355 g/mol. The molecule has 0 aliphatic heterocycles. The molecule has 0 bridgehead atoms. The quantitative estimate of drug-likeness (QED) is 0.673. The molecule has 0 saturated heterocycles. The normalized spacial score (nSPS) is 10.2. The molecule has 2 aromatic carbocycles. The molecule has 25 heavy (non-hydrogen) atoms. The second-order valence-electron chi connectivity index (χ2n) is 4.96. The summed E-state index contributed by atoms with van der Waals surface area (Å²) in [5.74, 6) is 0.267. The first-order valence-corrected chi connectivity index (χ1v) is 7.70. The molecule has 0 atom stereocenters. The smallest absolute Gasteiger partial charge is 0.339 e. The molecule has 1 aromatic heterocycles. The van der Waals surface area contributed by atoms with E-state index < -0.39 is 5.97 Å². The van der Waals surface area contributed by atoms with Gasteiger partial charge >= 0.3 is 5.97 Å². The Labute approximate surface area is 149 Å². The Hall–Kier alpha value is -3.19. The first-order valence-electron chi connectivity index (χ1n) is 7.32. The third kappa shape index (κ3) is 4.21. The number of aromatic nitrogens is 3. The number of hydrogen-bond acceptors (Lipinski definition) is 7. The summed E-state index contributed by atoms with van der Waals surface area (Å²) >= 11 is 5.97. The largest absolute Gasteiger partial charge is 0.465 e. The number of rotatable bonds is 5. The van der Waals surface area contributed by atoms with Crippen LogP contribution < -0.4 is 10.6 Å². The lowest BCUT2D eigenvalue weighted by molar-refractivity contribution is 0.0602. The lowest BCUT2D eigenvalue weighted by atomic mass is 10.2. The average molecular weight is 356 g/mol. The Balaban J connectivity index is 1.82. The molecule has 0 unspecified atom stereocenters. The minimum absolute atomic E-state index is 0.239. The number of carbonyl (C=O) groups is 1. The molecule has 3 rings (SSSR count). The van der Waals surface area contributed by atoms with Gasteiger partial charge in [-0.05, 0) is 30.3 Å². The number of methoxy groups -OCH3 is 1. The molecule has 0 radical (unpaired) electrons. The standard InChI is InChI=1S/C17H14ClN5O2/c1-25-16(24)13-7-2-3-8-14(13)21-17-22-15(10-19-23-17)20-12-6-4-5-11(18)9-12/h2-10H,1H3,(H2,20,21,22,23). The lowest BCUT2D eigenvalue weighted by Crippen LogP contribution is -2.08. The van der Waals surface area contributed by atoms with E-state index in [4.69, 9.17) is 16.3 Å². The molecule has 7 nitrogen and oxygen atoms in total. The van der Waals surface area contributed by atoms with Gasteiger partial charge in [0.25, 0.3) is 0 Å². The molecule has 8 heteroatoms. The summed E-state index contributed by atoms with van der Waals surface area (Å²) < 4.78 is 4.77. The topological polar surface area (TPSA) is 89.0 Å². The van der Waals surface area contributed by atoms with E-state index in [1.165, 1.54) is 13.3 Å². The number of carbonyl (C=O) groups excluding carboxylic acids is 1.